The first-order valence-corrected chi connectivity index (χ1v) is 6.68. The first-order chi connectivity index (χ1) is 8.00. The third-order valence-corrected chi connectivity index (χ3v) is 3.37. The molecular formula is C13H27N3O. The Morgan fingerprint density at radius 2 is 2.18 bits per heavy atom. The van der Waals surface area contributed by atoms with Gasteiger partial charge in [0.15, 0.2) is 0 Å². The van der Waals surface area contributed by atoms with Crippen LogP contribution in [0.25, 0.3) is 0 Å². The van der Waals surface area contributed by atoms with Crippen LogP contribution in [-0.2, 0) is 4.79 Å². The number of rotatable bonds is 6. The van der Waals surface area contributed by atoms with Crippen molar-refractivity contribution in [1.29, 1.82) is 0 Å². The average molecular weight is 241 g/mol. The van der Waals surface area contributed by atoms with Gasteiger partial charge in [0.25, 0.3) is 0 Å². The van der Waals surface area contributed by atoms with Crippen molar-refractivity contribution in [2.75, 3.05) is 33.7 Å². The topological polar surface area (TPSA) is 35.6 Å². The molecule has 0 bridgehead atoms. The fourth-order valence-electron chi connectivity index (χ4n) is 2.18. The van der Waals surface area contributed by atoms with Gasteiger partial charge in [-0.15, -0.1) is 0 Å². The van der Waals surface area contributed by atoms with Crippen molar-refractivity contribution in [2.45, 2.75) is 45.2 Å². The Morgan fingerprint density at radius 3 is 2.71 bits per heavy atom. The predicted molar refractivity (Wildman–Crippen MR) is 71.0 cm³/mol. The monoisotopic (exact) mass is 241 g/mol. The smallest absolute Gasteiger partial charge is 0.222 e. The molecule has 4 heteroatoms. The number of likely N-dealkylation sites (tertiary alicyclic amines) is 1. The Hall–Kier alpha value is -0.610. The molecule has 1 aliphatic rings. The lowest BCUT2D eigenvalue weighted by Gasteiger charge is -2.20. The first-order valence-electron chi connectivity index (χ1n) is 6.68. The van der Waals surface area contributed by atoms with Crippen molar-refractivity contribution in [2.24, 2.45) is 0 Å². The molecule has 17 heavy (non-hydrogen) atoms. The maximum atomic E-state index is 11.9. The molecule has 0 aromatic heterocycles. The van der Waals surface area contributed by atoms with Gasteiger partial charge < -0.3 is 15.1 Å². The van der Waals surface area contributed by atoms with Crippen molar-refractivity contribution in [3.05, 3.63) is 0 Å². The largest absolute Gasteiger partial charge is 0.341 e. The van der Waals surface area contributed by atoms with Crippen molar-refractivity contribution < 1.29 is 4.79 Å². The molecule has 0 aliphatic carbocycles. The van der Waals surface area contributed by atoms with Crippen LogP contribution >= 0.6 is 0 Å². The molecule has 0 radical (unpaired) electrons. The van der Waals surface area contributed by atoms with Gasteiger partial charge in [-0.3, -0.25) is 4.79 Å². The zero-order chi connectivity index (χ0) is 12.8. The quantitative estimate of drug-likeness (QED) is 0.703. The Labute approximate surface area is 105 Å². The Kier molecular flexibility index (Phi) is 5.92. The molecule has 1 unspecified atom stereocenters. The summed E-state index contributed by atoms with van der Waals surface area (Å²) in [5.74, 6) is 0.319. The Bertz CT molecular complexity index is 241. The molecule has 4 nitrogen and oxygen atoms in total. The lowest BCUT2D eigenvalue weighted by atomic mass is 10.2. The van der Waals surface area contributed by atoms with E-state index in [0.29, 0.717) is 24.4 Å². The van der Waals surface area contributed by atoms with Crippen LogP contribution in [0, 0.1) is 0 Å². The maximum Gasteiger partial charge on any atom is 0.222 e. The summed E-state index contributed by atoms with van der Waals surface area (Å²) in [5.41, 5.74) is 0. The van der Waals surface area contributed by atoms with Gasteiger partial charge in [0, 0.05) is 31.6 Å². The van der Waals surface area contributed by atoms with Gasteiger partial charge >= 0.3 is 0 Å². The average Bonchev–Trinajstić information content (AvgIpc) is 2.73. The summed E-state index contributed by atoms with van der Waals surface area (Å²) < 4.78 is 0. The van der Waals surface area contributed by atoms with E-state index in [1.807, 2.05) is 4.90 Å². The van der Waals surface area contributed by atoms with E-state index in [0.717, 1.165) is 32.5 Å². The highest BCUT2D eigenvalue weighted by Gasteiger charge is 2.26. The minimum Gasteiger partial charge on any atom is -0.341 e. The zero-order valence-electron chi connectivity index (χ0n) is 11.7. The number of hydrogen-bond acceptors (Lipinski definition) is 3. The third kappa shape index (κ3) is 5.04. The van der Waals surface area contributed by atoms with Crippen molar-refractivity contribution in [1.82, 2.24) is 15.1 Å². The summed E-state index contributed by atoms with van der Waals surface area (Å²) in [6, 6.07) is 1.06. The van der Waals surface area contributed by atoms with E-state index in [1.165, 1.54) is 0 Å². The molecular weight excluding hydrogens is 214 g/mol. The van der Waals surface area contributed by atoms with E-state index >= 15 is 0 Å². The summed E-state index contributed by atoms with van der Waals surface area (Å²) in [6.07, 6.45) is 2.74. The number of carbonyl (C=O) groups is 1. The van der Waals surface area contributed by atoms with E-state index in [2.05, 4.69) is 38.2 Å². The highest BCUT2D eigenvalue weighted by atomic mass is 16.2. The van der Waals surface area contributed by atoms with E-state index < -0.39 is 0 Å². The molecule has 1 fully saturated rings. The van der Waals surface area contributed by atoms with Gasteiger partial charge in [-0.25, -0.2) is 0 Å². The second kappa shape index (κ2) is 6.97. The van der Waals surface area contributed by atoms with Crippen LogP contribution in [0.5, 0.6) is 0 Å². The minimum atomic E-state index is 0.319. The maximum absolute atomic E-state index is 11.9. The number of likely N-dealkylation sites (N-methyl/N-ethyl adjacent to an activating group) is 1. The molecule has 1 saturated heterocycles. The van der Waals surface area contributed by atoms with Crippen LogP contribution in [0.1, 0.15) is 33.1 Å². The van der Waals surface area contributed by atoms with E-state index in [-0.39, 0.29) is 0 Å². The van der Waals surface area contributed by atoms with Gasteiger partial charge in [0.1, 0.15) is 0 Å². The molecule has 1 rings (SSSR count). The second-order valence-electron chi connectivity index (χ2n) is 5.46. The molecule has 0 aromatic rings. The zero-order valence-corrected chi connectivity index (χ0v) is 11.7. The summed E-state index contributed by atoms with van der Waals surface area (Å²) in [5, 5.41) is 3.34. The van der Waals surface area contributed by atoms with Crippen LogP contribution in [0.15, 0.2) is 0 Å². The summed E-state index contributed by atoms with van der Waals surface area (Å²) in [4.78, 5) is 16.2. The van der Waals surface area contributed by atoms with Crippen molar-refractivity contribution >= 4 is 5.91 Å². The van der Waals surface area contributed by atoms with E-state index in [1.54, 1.807) is 0 Å². The predicted octanol–water partition coefficient (Wildman–Crippen LogP) is 0.927. The number of amides is 1. The molecule has 1 heterocycles. The third-order valence-electron chi connectivity index (χ3n) is 3.37. The normalized spacial score (nSPS) is 20.6. The Balaban J connectivity index is 2.16. The van der Waals surface area contributed by atoms with Gasteiger partial charge in [0.2, 0.25) is 5.91 Å². The fourth-order valence-corrected chi connectivity index (χ4v) is 2.18. The Morgan fingerprint density at radius 1 is 1.47 bits per heavy atom. The fraction of sp³-hybridized carbons (Fsp3) is 0.923. The highest BCUT2D eigenvalue weighted by Crippen LogP contribution is 2.14. The lowest BCUT2D eigenvalue weighted by Crippen LogP contribution is -2.34. The molecule has 1 N–H and O–H groups in total. The highest BCUT2D eigenvalue weighted by molar-refractivity contribution is 5.76. The summed E-state index contributed by atoms with van der Waals surface area (Å²) in [6.45, 7) is 7.03. The summed E-state index contributed by atoms with van der Waals surface area (Å²) in [7, 11) is 4.18. The molecule has 1 aliphatic heterocycles. The first kappa shape index (κ1) is 14.5. The number of hydrogen-bond donors (Lipinski definition) is 1. The van der Waals surface area contributed by atoms with Gasteiger partial charge in [-0.05, 0) is 33.5 Å². The van der Waals surface area contributed by atoms with E-state index in [4.69, 9.17) is 0 Å². The standard InChI is InChI=1S/C13H27N3O/c1-11(2)14-8-5-6-13(17)16-9-7-12(10-16)15(3)4/h11-12,14H,5-10H2,1-4H3. The second-order valence-corrected chi connectivity index (χ2v) is 5.46. The number of nitrogens with zero attached hydrogens (tertiary/aromatic N) is 2. The SMILES string of the molecule is CC(C)NCCCC(=O)N1CCC(N(C)C)C1. The van der Waals surface area contributed by atoms with Crippen LogP contribution < -0.4 is 5.32 Å². The van der Waals surface area contributed by atoms with Crippen molar-refractivity contribution in [3.63, 3.8) is 0 Å². The van der Waals surface area contributed by atoms with Crippen LogP contribution in [0.2, 0.25) is 0 Å². The number of nitrogens with one attached hydrogen (secondary N) is 1. The molecule has 1 amide bonds. The van der Waals surface area contributed by atoms with Crippen LogP contribution in [-0.4, -0.2) is 61.5 Å². The number of carbonyl (C=O) groups excluding carboxylic acids is 1. The van der Waals surface area contributed by atoms with E-state index in [9.17, 15) is 4.79 Å². The van der Waals surface area contributed by atoms with Gasteiger partial charge in [-0.1, -0.05) is 13.8 Å². The summed E-state index contributed by atoms with van der Waals surface area (Å²) >= 11 is 0. The van der Waals surface area contributed by atoms with Gasteiger partial charge in [0.05, 0.1) is 0 Å². The molecule has 1 atom stereocenters. The van der Waals surface area contributed by atoms with Crippen LogP contribution in [0.3, 0.4) is 0 Å². The minimum absolute atomic E-state index is 0.319. The van der Waals surface area contributed by atoms with Gasteiger partial charge in [-0.2, -0.15) is 0 Å². The lowest BCUT2D eigenvalue weighted by molar-refractivity contribution is -0.130. The van der Waals surface area contributed by atoms with Crippen molar-refractivity contribution in [3.8, 4) is 0 Å². The molecule has 0 aromatic carbocycles. The molecule has 100 valence electrons. The molecule has 0 saturated carbocycles. The molecule has 0 spiro atoms. The van der Waals surface area contributed by atoms with Crippen LogP contribution in [0.4, 0.5) is 0 Å².